The molecule has 0 bridgehead atoms. The van der Waals surface area contributed by atoms with E-state index < -0.39 is 0 Å². The number of halogens is 1. The standard InChI is InChI=1S/C19H36N6OS.HI/c1-7-20-19(21-12-15(2)25-10-8-23(4)9-11-25)24(5)13-17-14-27-18(22-17)16(3)26-6;/h14-16H,7-13H2,1-6H3,(H,20,21);1H. The third kappa shape index (κ3) is 7.74. The summed E-state index contributed by atoms with van der Waals surface area (Å²) >= 11 is 1.65. The molecule has 2 unspecified atom stereocenters. The van der Waals surface area contributed by atoms with Crippen molar-refractivity contribution in [1.82, 2.24) is 25.0 Å². The van der Waals surface area contributed by atoms with Gasteiger partial charge in [0, 0.05) is 58.3 Å². The molecule has 28 heavy (non-hydrogen) atoms. The number of nitrogens with zero attached hydrogens (tertiary/aromatic N) is 5. The van der Waals surface area contributed by atoms with E-state index >= 15 is 0 Å². The lowest BCUT2D eigenvalue weighted by molar-refractivity contribution is 0.119. The van der Waals surface area contributed by atoms with E-state index in [9.17, 15) is 0 Å². The molecule has 162 valence electrons. The number of likely N-dealkylation sites (N-methyl/N-ethyl adjacent to an activating group) is 1. The van der Waals surface area contributed by atoms with E-state index in [2.05, 4.69) is 53.3 Å². The van der Waals surface area contributed by atoms with Crippen molar-refractivity contribution in [3.05, 3.63) is 16.1 Å². The first-order valence-electron chi connectivity index (χ1n) is 9.83. The van der Waals surface area contributed by atoms with Gasteiger partial charge in [-0.2, -0.15) is 0 Å². The van der Waals surface area contributed by atoms with Crippen molar-refractivity contribution in [2.24, 2.45) is 4.99 Å². The fraction of sp³-hybridized carbons (Fsp3) is 0.789. The molecule has 0 aromatic carbocycles. The van der Waals surface area contributed by atoms with Gasteiger partial charge in [-0.05, 0) is 27.8 Å². The molecule has 1 aliphatic heterocycles. The normalized spacial score (nSPS) is 18.4. The lowest BCUT2D eigenvalue weighted by atomic mass is 10.2. The average molecular weight is 525 g/mol. The van der Waals surface area contributed by atoms with Gasteiger partial charge in [0.05, 0.1) is 18.8 Å². The van der Waals surface area contributed by atoms with Crippen molar-refractivity contribution in [1.29, 1.82) is 0 Å². The Bertz CT molecular complexity index is 591. The van der Waals surface area contributed by atoms with Crippen molar-refractivity contribution >= 4 is 41.3 Å². The molecule has 1 aromatic rings. The Morgan fingerprint density at radius 1 is 1.36 bits per heavy atom. The highest BCUT2D eigenvalue weighted by Gasteiger charge is 2.19. The van der Waals surface area contributed by atoms with Crippen molar-refractivity contribution in [3.63, 3.8) is 0 Å². The fourth-order valence-electron chi connectivity index (χ4n) is 3.07. The Morgan fingerprint density at radius 2 is 2.04 bits per heavy atom. The van der Waals surface area contributed by atoms with Crippen LogP contribution in [0.4, 0.5) is 0 Å². The number of aliphatic imine (C=N–C) groups is 1. The van der Waals surface area contributed by atoms with E-state index in [0.717, 1.165) is 62.5 Å². The fourth-order valence-corrected chi connectivity index (χ4v) is 3.91. The summed E-state index contributed by atoms with van der Waals surface area (Å²) in [6, 6.07) is 0.453. The van der Waals surface area contributed by atoms with Crippen LogP contribution in [0.5, 0.6) is 0 Å². The third-order valence-electron chi connectivity index (χ3n) is 5.03. The van der Waals surface area contributed by atoms with Crippen molar-refractivity contribution < 1.29 is 4.74 Å². The van der Waals surface area contributed by atoms with Crippen LogP contribution in [-0.4, -0.2) is 92.2 Å². The van der Waals surface area contributed by atoms with E-state index in [-0.39, 0.29) is 30.1 Å². The minimum absolute atomic E-state index is 0. The SMILES string of the molecule is CCNC(=NCC(C)N1CCN(C)CC1)N(C)Cc1csc(C(C)OC)n1.I. The molecule has 1 N–H and O–H groups in total. The van der Waals surface area contributed by atoms with Gasteiger partial charge in [-0.25, -0.2) is 4.98 Å². The highest BCUT2D eigenvalue weighted by molar-refractivity contribution is 14.0. The monoisotopic (exact) mass is 524 g/mol. The Morgan fingerprint density at radius 3 is 2.64 bits per heavy atom. The predicted octanol–water partition coefficient (Wildman–Crippen LogP) is 2.50. The number of hydrogen-bond donors (Lipinski definition) is 1. The quantitative estimate of drug-likeness (QED) is 0.321. The summed E-state index contributed by atoms with van der Waals surface area (Å²) < 4.78 is 5.36. The summed E-state index contributed by atoms with van der Waals surface area (Å²) in [5, 5.41) is 6.54. The van der Waals surface area contributed by atoms with Gasteiger partial charge >= 0.3 is 0 Å². The molecule has 0 aliphatic carbocycles. The van der Waals surface area contributed by atoms with Crippen LogP contribution in [0.2, 0.25) is 0 Å². The predicted molar refractivity (Wildman–Crippen MR) is 129 cm³/mol. The number of guanidine groups is 1. The van der Waals surface area contributed by atoms with E-state index in [1.807, 2.05) is 6.92 Å². The number of nitrogens with one attached hydrogen (secondary N) is 1. The highest BCUT2D eigenvalue weighted by Crippen LogP contribution is 2.20. The Labute approximate surface area is 191 Å². The minimum Gasteiger partial charge on any atom is -0.375 e. The number of hydrogen-bond acceptors (Lipinski definition) is 6. The molecule has 9 heteroatoms. The summed E-state index contributed by atoms with van der Waals surface area (Å²) in [4.78, 5) is 16.7. The molecule has 2 rings (SSSR count). The molecule has 1 saturated heterocycles. The molecule has 7 nitrogen and oxygen atoms in total. The molecule has 2 atom stereocenters. The molecule has 1 fully saturated rings. The summed E-state index contributed by atoms with van der Waals surface area (Å²) in [5.74, 6) is 0.938. The zero-order valence-electron chi connectivity index (χ0n) is 18.1. The summed E-state index contributed by atoms with van der Waals surface area (Å²) in [7, 11) is 5.98. The molecule has 0 radical (unpaired) electrons. The number of methoxy groups -OCH3 is 1. The van der Waals surface area contributed by atoms with Gasteiger partial charge in [0.1, 0.15) is 11.1 Å². The lowest BCUT2D eigenvalue weighted by Gasteiger charge is -2.36. The number of piperazine rings is 1. The molecule has 2 heterocycles. The molecule has 0 saturated carbocycles. The molecule has 0 spiro atoms. The van der Waals surface area contributed by atoms with E-state index in [0.29, 0.717) is 6.04 Å². The molecular weight excluding hydrogens is 487 g/mol. The first-order chi connectivity index (χ1) is 12.9. The van der Waals surface area contributed by atoms with Crippen LogP contribution in [0.25, 0.3) is 0 Å². The topological polar surface area (TPSA) is 56.2 Å². The van der Waals surface area contributed by atoms with Gasteiger partial charge < -0.3 is 19.9 Å². The van der Waals surface area contributed by atoms with Gasteiger partial charge in [-0.3, -0.25) is 9.89 Å². The van der Waals surface area contributed by atoms with Crippen LogP contribution in [0.15, 0.2) is 10.4 Å². The van der Waals surface area contributed by atoms with Crippen molar-refractivity contribution in [3.8, 4) is 0 Å². The zero-order valence-corrected chi connectivity index (χ0v) is 21.3. The van der Waals surface area contributed by atoms with Crippen LogP contribution < -0.4 is 5.32 Å². The first kappa shape index (κ1) is 25.5. The smallest absolute Gasteiger partial charge is 0.194 e. The summed E-state index contributed by atoms with van der Waals surface area (Å²) in [6.45, 7) is 13.3. The highest BCUT2D eigenvalue weighted by atomic mass is 127. The molecule has 1 aliphatic rings. The number of rotatable bonds is 8. The first-order valence-corrected chi connectivity index (χ1v) is 10.7. The molecule has 1 aromatic heterocycles. The van der Waals surface area contributed by atoms with E-state index in [1.54, 1.807) is 18.4 Å². The largest absolute Gasteiger partial charge is 0.375 e. The number of ether oxygens (including phenoxy) is 1. The number of thiazole rings is 1. The van der Waals surface area contributed by atoms with E-state index in [4.69, 9.17) is 14.7 Å². The molecule has 0 amide bonds. The average Bonchev–Trinajstić information content (AvgIpc) is 3.13. The van der Waals surface area contributed by atoms with Crippen molar-refractivity contribution in [2.75, 3.05) is 60.5 Å². The Hall–Kier alpha value is -0.490. The van der Waals surface area contributed by atoms with E-state index in [1.165, 1.54) is 0 Å². The lowest BCUT2D eigenvalue weighted by Crippen LogP contribution is -2.49. The maximum Gasteiger partial charge on any atom is 0.194 e. The van der Waals surface area contributed by atoms with Crippen LogP contribution in [0, 0.1) is 0 Å². The minimum atomic E-state index is 0. The van der Waals surface area contributed by atoms with Crippen LogP contribution in [0.3, 0.4) is 0 Å². The van der Waals surface area contributed by atoms with Gasteiger partial charge in [-0.15, -0.1) is 35.3 Å². The summed E-state index contributed by atoms with van der Waals surface area (Å²) in [6.07, 6.45) is 0.0420. The number of aromatic nitrogens is 1. The second-order valence-corrected chi connectivity index (χ2v) is 8.18. The Balaban J connectivity index is 0.00000392. The maximum atomic E-state index is 5.36. The summed E-state index contributed by atoms with van der Waals surface area (Å²) in [5.41, 5.74) is 1.05. The zero-order chi connectivity index (χ0) is 19.8. The van der Waals surface area contributed by atoms with Gasteiger partial charge in [0.25, 0.3) is 0 Å². The van der Waals surface area contributed by atoms with Crippen molar-refractivity contribution in [2.45, 2.75) is 39.5 Å². The van der Waals surface area contributed by atoms with Crippen LogP contribution >= 0.6 is 35.3 Å². The Kier molecular flexibility index (Phi) is 11.8. The van der Waals surface area contributed by atoms with Crippen LogP contribution in [-0.2, 0) is 11.3 Å². The third-order valence-corrected chi connectivity index (χ3v) is 6.09. The van der Waals surface area contributed by atoms with Gasteiger partial charge in [0.2, 0.25) is 0 Å². The second kappa shape index (κ2) is 12.9. The second-order valence-electron chi connectivity index (χ2n) is 7.29. The molecular formula is C19H37IN6OS. The maximum absolute atomic E-state index is 5.36. The van der Waals surface area contributed by atoms with Crippen LogP contribution in [0.1, 0.15) is 37.6 Å². The van der Waals surface area contributed by atoms with Gasteiger partial charge in [0.15, 0.2) is 5.96 Å². The van der Waals surface area contributed by atoms with Gasteiger partial charge in [-0.1, -0.05) is 0 Å².